The van der Waals surface area contributed by atoms with Crippen molar-refractivity contribution < 1.29 is 14.3 Å². The molecule has 8 nitrogen and oxygen atoms in total. The number of benzene rings is 2. The fourth-order valence-electron chi connectivity index (χ4n) is 3.43. The molecule has 0 aliphatic rings. The maximum atomic E-state index is 13.1. The number of rotatable bonds is 9. The van der Waals surface area contributed by atoms with E-state index in [2.05, 4.69) is 10.3 Å². The third-order valence-corrected chi connectivity index (χ3v) is 5.07. The van der Waals surface area contributed by atoms with Crippen molar-refractivity contribution in [2.24, 2.45) is 0 Å². The number of carbonyl (C=O) groups excluding carboxylic acids is 1. The van der Waals surface area contributed by atoms with Crippen LogP contribution in [0.5, 0.6) is 11.5 Å². The van der Waals surface area contributed by atoms with E-state index >= 15 is 0 Å². The summed E-state index contributed by atoms with van der Waals surface area (Å²) in [5.41, 5.74) is 2.69. The zero-order valence-corrected chi connectivity index (χ0v) is 18.1. The van der Waals surface area contributed by atoms with Crippen LogP contribution < -0.4 is 14.8 Å². The average molecular weight is 431 g/mol. The lowest BCUT2D eigenvalue weighted by atomic mass is 10.1. The third-order valence-electron chi connectivity index (χ3n) is 5.07. The van der Waals surface area contributed by atoms with Crippen LogP contribution in [0.15, 0.2) is 73.4 Å². The molecule has 2 heterocycles. The molecule has 0 unspecified atom stereocenters. The Morgan fingerprint density at radius 3 is 2.59 bits per heavy atom. The van der Waals surface area contributed by atoms with Gasteiger partial charge in [0.2, 0.25) is 0 Å². The fourth-order valence-corrected chi connectivity index (χ4v) is 3.43. The molecule has 2 aromatic carbocycles. The van der Waals surface area contributed by atoms with E-state index in [1.165, 1.54) is 0 Å². The second kappa shape index (κ2) is 9.82. The summed E-state index contributed by atoms with van der Waals surface area (Å²) in [4.78, 5) is 17.1. The summed E-state index contributed by atoms with van der Waals surface area (Å²) in [5.74, 6) is 1.01. The maximum Gasteiger partial charge on any atom is 0.255 e. The van der Waals surface area contributed by atoms with Crippen LogP contribution in [0, 0.1) is 0 Å². The van der Waals surface area contributed by atoms with Gasteiger partial charge < -0.3 is 19.4 Å². The molecule has 1 N–H and O–H groups in total. The number of hydrogen-bond acceptors (Lipinski definition) is 5. The molecule has 0 atom stereocenters. The highest BCUT2D eigenvalue weighted by Crippen LogP contribution is 2.33. The van der Waals surface area contributed by atoms with E-state index in [1.54, 1.807) is 37.6 Å². The maximum absolute atomic E-state index is 13.1. The highest BCUT2D eigenvalue weighted by atomic mass is 16.5. The Labute approximate surface area is 186 Å². The molecule has 0 aliphatic heterocycles. The van der Waals surface area contributed by atoms with Crippen molar-refractivity contribution in [1.82, 2.24) is 24.6 Å². The highest BCUT2D eigenvalue weighted by molar-refractivity contribution is 6.00. The van der Waals surface area contributed by atoms with E-state index < -0.39 is 0 Å². The van der Waals surface area contributed by atoms with E-state index in [1.807, 2.05) is 59.3 Å². The average Bonchev–Trinajstić information content (AvgIpc) is 3.52. The molecule has 0 saturated heterocycles. The van der Waals surface area contributed by atoms with E-state index in [0.717, 1.165) is 24.2 Å². The lowest BCUT2D eigenvalue weighted by molar-refractivity contribution is 0.0953. The Bertz CT molecular complexity index is 1170. The van der Waals surface area contributed by atoms with Gasteiger partial charge in [-0.1, -0.05) is 18.2 Å². The van der Waals surface area contributed by atoms with Crippen molar-refractivity contribution in [2.45, 2.75) is 13.0 Å². The van der Waals surface area contributed by atoms with Gasteiger partial charge in [0.15, 0.2) is 11.5 Å². The number of carbonyl (C=O) groups is 1. The molecule has 0 aliphatic carbocycles. The molecule has 0 spiro atoms. The van der Waals surface area contributed by atoms with Crippen LogP contribution in [-0.4, -0.2) is 46.0 Å². The second-order valence-electron chi connectivity index (χ2n) is 7.15. The minimum atomic E-state index is -0.178. The first kappa shape index (κ1) is 21.2. The minimum Gasteiger partial charge on any atom is -0.493 e. The Hall–Kier alpha value is -4.07. The predicted molar refractivity (Wildman–Crippen MR) is 121 cm³/mol. The van der Waals surface area contributed by atoms with Crippen LogP contribution in [0.25, 0.3) is 16.9 Å². The monoisotopic (exact) mass is 431 g/mol. The molecular formula is C24H25N5O3. The zero-order valence-electron chi connectivity index (χ0n) is 18.1. The number of para-hydroxylation sites is 1. The van der Waals surface area contributed by atoms with Crippen LogP contribution >= 0.6 is 0 Å². The van der Waals surface area contributed by atoms with Gasteiger partial charge in [-0.05, 0) is 36.8 Å². The summed E-state index contributed by atoms with van der Waals surface area (Å²) >= 11 is 0. The van der Waals surface area contributed by atoms with Crippen molar-refractivity contribution in [1.29, 1.82) is 0 Å². The summed E-state index contributed by atoms with van der Waals surface area (Å²) in [6.07, 6.45) is 7.96. The number of hydrogen-bond donors (Lipinski definition) is 1. The van der Waals surface area contributed by atoms with Crippen LogP contribution in [0.4, 0.5) is 0 Å². The van der Waals surface area contributed by atoms with E-state index in [0.29, 0.717) is 29.3 Å². The number of imidazole rings is 1. The van der Waals surface area contributed by atoms with Gasteiger partial charge in [-0.25, -0.2) is 9.67 Å². The van der Waals surface area contributed by atoms with Gasteiger partial charge in [-0.3, -0.25) is 4.79 Å². The zero-order chi connectivity index (χ0) is 22.3. The van der Waals surface area contributed by atoms with Crippen molar-refractivity contribution in [2.75, 3.05) is 20.8 Å². The Morgan fingerprint density at radius 2 is 1.88 bits per heavy atom. The quantitative estimate of drug-likeness (QED) is 0.410. The smallest absolute Gasteiger partial charge is 0.255 e. The summed E-state index contributed by atoms with van der Waals surface area (Å²) in [5, 5.41) is 7.72. The molecule has 8 heteroatoms. The van der Waals surface area contributed by atoms with Gasteiger partial charge in [0.1, 0.15) is 5.69 Å². The summed E-state index contributed by atoms with van der Waals surface area (Å²) in [6, 6.07) is 15.2. The number of nitrogens with one attached hydrogen (secondary N) is 1. The summed E-state index contributed by atoms with van der Waals surface area (Å²) in [6.45, 7) is 1.32. The predicted octanol–water partition coefficient (Wildman–Crippen LogP) is 3.57. The molecular weight excluding hydrogens is 406 g/mol. The van der Waals surface area contributed by atoms with Gasteiger partial charge in [-0.2, -0.15) is 5.10 Å². The number of aryl methyl sites for hydroxylation is 1. The lowest BCUT2D eigenvalue weighted by Gasteiger charge is -2.10. The SMILES string of the molecule is COc1ccc(-c2nn(-c3ccccc3)cc2C(=O)NCCCn2ccnc2)cc1OC. The highest BCUT2D eigenvalue weighted by Gasteiger charge is 2.20. The first-order valence-corrected chi connectivity index (χ1v) is 10.3. The first-order valence-electron chi connectivity index (χ1n) is 10.3. The molecule has 0 bridgehead atoms. The van der Waals surface area contributed by atoms with Gasteiger partial charge in [0.05, 0.1) is 31.8 Å². The number of amides is 1. The Balaban J connectivity index is 1.61. The van der Waals surface area contributed by atoms with Crippen LogP contribution in [0.1, 0.15) is 16.8 Å². The van der Waals surface area contributed by atoms with Gasteiger partial charge in [0.25, 0.3) is 5.91 Å². The van der Waals surface area contributed by atoms with Crippen LogP contribution in [-0.2, 0) is 6.54 Å². The molecule has 0 saturated carbocycles. The van der Waals surface area contributed by atoms with E-state index in [9.17, 15) is 4.79 Å². The molecule has 164 valence electrons. The number of nitrogens with zero attached hydrogens (tertiary/aromatic N) is 4. The number of aromatic nitrogens is 4. The molecule has 1 amide bonds. The number of ether oxygens (including phenoxy) is 2. The third kappa shape index (κ3) is 4.64. The minimum absolute atomic E-state index is 0.178. The molecule has 4 aromatic rings. The van der Waals surface area contributed by atoms with E-state index in [4.69, 9.17) is 14.6 Å². The largest absolute Gasteiger partial charge is 0.493 e. The van der Waals surface area contributed by atoms with Gasteiger partial charge >= 0.3 is 0 Å². The first-order chi connectivity index (χ1) is 15.7. The van der Waals surface area contributed by atoms with Crippen molar-refractivity contribution in [3.63, 3.8) is 0 Å². The summed E-state index contributed by atoms with van der Waals surface area (Å²) in [7, 11) is 3.17. The fraction of sp³-hybridized carbons (Fsp3) is 0.208. The second-order valence-corrected chi connectivity index (χ2v) is 7.15. The molecule has 2 aromatic heterocycles. The standard InChI is InChI=1S/C24H25N5O3/c1-31-21-10-9-18(15-22(21)32-2)23-20(16-29(27-23)19-7-4-3-5-8-19)24(30)26-11-6-13-28-14-12-25-17-28/h3-5,7-10,12,14-17H,6,11,13H2,1-2H3,(H,26,30). The van der Waals surface area contributed by atoms with Gasteiger partial charge in [0, 0.05) is 37.2 Å². The lowest BCUT2D eigenvalue weighted by Crippen LogP contribution is -2.25. The molecule has 4 rings (SSSR count). The Morgan fingerprint density at radius 1 is 1.06 bits per heavy atom. The van der Waals surface area contributed by atoms with Gasteiger partial charge in [-0.15, -0.1) is 0 Å². The number of methoxy groups -OCH3 is 2. The van der Waals surface area contributed by atoms with Crippen LogP contribution in [0.2, 0.25) is 0 Å². The van der Waals surface area contributed by atoms with Crippen molar-refractivity contribution >= 4 is 5.91 Å². The molecule has 32 heavy (non-hydrogen) atoms. The molecule has 0 radical (unpaired) electrons. The molecule has 0 fully saturated rings. The summed E-state index contributed by atoms with van der Waals surface area (Å²) < 4.78 is 14.5. The van der Waals surface area contributed by atoms with E-state index in [-0.39, 0.29) is 5.91 Å². The normalized spacial score (nSPS) is 10.7. The Kier molecular flexibility index (Phi) is 6.50. The van der Waals surface area contributed by atoms with Crippen LogP contribution in [0.3, 0.4) is 0 Å². The van der Waals surface area contributed by atoms with Crippen molar-refractivity contribution in [3.8, 4) is 28.4 Å². The van der Waals surface area contributed by atoms with Crippen molar-refractivity contribution in [3.05, 3.63) is 79.0 Å². The topological polar surface area (TPSA) is 83.2 Å².